The molecule has 0 N–H and O–H groups in total. The van der Waals surface area contributed by atoms with Gasteiger partial charge in [0.1, 0.15) is 19.3 Å². The zero-order valence-electron chi connectivity index (χ0n) is 34.5. The lowest BCUT2D eigenvalue weighted by Crippen LogP contribution is -2.37. The van der Waals surface area contributed by atoms with Gasteiger partial charge >= 0.3 is 5.97 Å². The van der Waals surface area contributed by atoms with Crippen LogP contribution in [0.4, 0.5) is 0 Å². The van der Waals surface area contributed by atoms with Gasteiger partial charge < -0.3 is 27.9 Å². The average Bonchev–Trinajstić information content (AvgIpc) is 3.09. The minimum atomic E-state index is -4.52. The van der Waals surface area contributed by atoms with Crippen molar-refractivity contribution in [3.63, 3.8) is 0 Å². The zero-order valence-corrected chi connectivity index (χ0v) is 35.4. The number of phosphoric acid groups is 1. The molecule has 9 heteroatoms. The highest BCUT2D eigenvalue weighted by Gasteiger charge is 2.20. The van der Waals surface area contributed by atoms with Crippen LogP contribution in [0.3, 0.4) is 0 Å². The van der Waals surface area contributed by atoms with Gasteiger partial charge in [0.25, 0.3) is 7.82 Å². The quantitative estimate of drug-likeness (QED) is 0.0203. The van der Waals surface area contributed by atoms with E-state index in [1.54, 1.807) is 0 Å². The Labute approximate surface area is 321 Å². The molecule has 0 heterocycles. The number of rotatable bonds is 39. The minimum Gasteiger partial charge on any atom is -0.756 e. The van der Waals surface area contributed by atoms with Crippen LogP contribution in [-0.4, -0.2) is 70.7 Å². The van der Waals surface area contributed by atoms with Crippen LogP contribution in [0, 0.1) is 0 Å². The van der Waals surface area contributed by atoms with Crippen molar-refractivity contribution in [2.45, 2.75) is 180 Å². The van der Waals surface area contributed by atoms with E-state index < -0.39 is 13.9 Å². The fourth-order valence-electron chi connectivity index (χ4n) is 5.58. The van der Waals surface area contributed by atoms with Gasteiger partial charge in [-0.05, 0) is 64.2 Å². The first-order chi connectivity index (χ1) is 25.1. The van der Waals surface area contributed by atoms with E-state index in [-0.39, 0.29) is 25.8 Å². The highest BCUT2D eigenvalue weighted by atomic mass is 31.2. The summed E-state index contributed by atoms with van der Waals surface area (Å²) in [6.07, 6.45) is 41.6. The van der Waals surface area contributed by atoms with Gasteiger partial charge in [0.15, 0.2) is 0 Å². The maximum Gasteiger partial charge on any atom is 0.306 e. The maximum absolute atomic E-state index is 12.6. The van der Waals surface area contributed by atoms with Gasteiger partial charge in [-0.25, -0.2) is 0 Å². The second-order valence-corrected chi connectivity index (χ2v) is 16.8. The van der Waals surface area contributed by atoms with Crippen molar-refractivity contribution in [2.75, 3.05) is 54.1 Å². The molecular formula is C43H82NO7P. The number of phosphoric ester groups is 1. The molecule has 0 bridgehead atoms. The number of allylic oxidation sites excluding steroid dienone is 6. The van der Waals surface area contributed by atoms with Gasteiger partial charge in [0, 0.05) is 13.0 Å². The number of hydrogen-bond donors (Lipinski definition) is 0. The third-order valence-corrected chi connectivity index (χ3v) is 9.86. The standard InChI is InChI=1S/C43H82NO7P/c1-6-8-10-12-14-16-18-19-20-21-22-23-24-25-26-27-29-31-33-35-38-48-40-42(41-50-52(46,47)49-39-37-44(3,4)5)51-43(45)36-34-32-30-28-17-15-13-11-9-7-2/h11,13-14,16,19-20,42H,6-10,12,15,17-18,21-41H2,1-5H3/b13-11-,16-14-,20-19-. The van der Waals surface area contributed by atoms with E-state index >= 15 is 0 Å². The molecule has 0 aliphatic carbocycles. The smallest absolute Gasteiger partial charge is 0.306 e. The summed E-state index contributed by atoms with van der Waals surface area (Å²) >= 11 is 0. The van der Waals surface area contributed by atoms with Crippen molar-refractivity contribution in [2.24, 2.45) is 0 Å². The fraction of sp³-hybridized carbons (Fsp3) is 0.837. The molecular weight excluding hydrogens is 673 g/mol. The topological polar surface area (TPSA) is 94.1 Å². The van der Waals surface area contributed by atoms with Gasteiger partial charge in [-0.2, -0.15) is 0 Å². The molecule has 0 saturated carbocycles. The summed E-state index contributed by atoms with van der Waals surface area (Å²) in [5, 5.41) is 0. The zero-order chi connectivity index (χ0) is 38.4. The van der Waals surface area contributed by atoms with Gasteiger partial charge in [-0.1, -0.05) is 140 Å². The van der Waals surface area contributed by atoms with Gasteiger partial charge in [-0.3, -0.25) is 9.36 Å². The van der Waals surface area contributed by atoms with Crippen molar-refractivity contribution in [1.82, 2.24) is 0 Å². The Morgan fingerprint density at radius 2 is 1.10 bits per heavy atom. The van der Waals surface area contributed by atoms with Crippen LogP contribution in [0.1, 0.15) is 174 Å². The van der Waals surface area contributed by atoms with E-state index in [0.29, 0.717) is 24.1 Å². The summed E-state index contributed by atoms with van der Waals surface area (Å²) in [5.41, 5.74) is 0. The number of nitrogens with zero attached hydrogens (tertiary/aromatic N) is 1. The number of esters is 1. The molecule has 0 aliphatic heterocycles. The molecule has 306 valence electrons. The second kappa shape index (κ2) is 36.7. The van der Waals surface area contributed by atoms with Crippen LogP contribution in [-0.2, 0) is 27.9 Å². The average molecular weight is 756 g/mol. The van der Waals surface area contributed by atoms with Crippen molar-refractivity contribution in [1.29, 1.82) is 0 Å². The third-order valence-electron chi connectivity index (χ3n) is 8.89. The molecule has 2 atom stereocenters. The molecule has 0 rings (SSSR count). The first-order valence-electron chi connectivity index (χ1n) is 21.2. The second-order valence-electron chi connectivity index (χ2n) is 15.3. The lowest BCUT2D eigenvalue weighted by molar-refractivity contribution is -0.870. The number of quaternary nitrogens is 1. The summed E-state index contributed by atoms with van der Waals surface area (Å²) < 4.78 is 34.5. The summed E-state index contributed by atoms with van der Waals surface area (Å²) in [7, 11) is 1.35. The third kappa shape index (κ3) is 39.9. The van der Waals surface area contributed by atoms with E-state index in [0.717, 1.165) is 57.8 Å². The van der Waals surface area contributed by atoms with Gasteiger partial charge in [-0.15, -0.1) is 0 Å². The summed E-state index contributed by atoms with van der Waals surface area (Å²) in [4.78, 5) is 24.9. The van der Waals surface area contributed by atoms with E-state index in [4.69, 9.17) is 18.5 Å². The normalized spacial score (nSPS) is 14.2. The summed E-state index contributed by atoms with van der Waals surface area (Å²) in [6.45, 7) is 5.31. The van der Waals surface area contributed by atoms with Crippen LogP contribution in [0.25, 0.3) is 0 Å². The molecule has 8 nitrogen and oxygen atoms in total. The van der Waals surface area contributed by atoms with E-state index in [1.165, 1.54) is 96.3 Å². The molecule has 0 spiro atoms. The van der Waals surface area contributed by atoms with Gasteiger partial charge in [0.05, 0.1) is 34.4 Å². The molecule has 0 aromatic carbocycles. The Balaban J connectivity index is 4.16. The van der Waals surface area contributed by atoms with Crippen LogP contribution in [0.2, 0.25) is 0 Å². The summed E-state index contributed by atoms with van der Waals surface area (Å²) in [5.74, 6) is -0.348. The Hall–Kier alpha value is -1.28. The Morgan fingerprint density at radius 3 is 1.65 bits per heavy atom. The molecule has 0 aromatic rings. The minimum absolute atomic E-state index is 0.0236. The maximum atomic E-state index is 12.6. The number of likely N-dealkylation sites (N-methyl/N-ethyl adjacent to an activating group) is 1. The number of ether oxygens (including phenoxy) is 2. The number of unbranched alkanes of at least 4 members (excludes halogenated alkanes) is 19. The van der Waals surface area contributed by atoms with E-state index in [2.05, 4.69) is 50.3 Å². The Morgan fingerprint density at radius 1 is 0.596 bits per heavy atom. The predicted molar refractivity (Wildman–Crippen MR) is 217 cm³/mol. The van der Waals surface area contributed by atoms with E-state index in [1.807, 2.05) is 21.1 Å². The lowest BCUT2D eigenvalue weighted by atomic mass is 10.1. The van der Waals surface area contributed by atoms with Crippen LogP contribution < -0.4 is 4.89 Å². The molecule has 0 saturated heterocycles. The SMILES string of the molecule is CCC/C=C\CCCCCCCC(=O)OC(COCCCCCCCCCCCC/C=C\C/C=C\CCCCC)COP(=O)([O-])OCC[N+](C)(C)C. The molecule has 0 aliphatic rings. The predicted octanol–water partition coefficient (Wildman–Crippen LogP) is 11.6. The number of hydrogen-bond acceptors (Lipinski definition) is 7. The molecule has 0 amide bonds. The Bertz CT molecular complexity index is 931. The largest absolute Gasteiger partial charge is 0.756 e. The van der Waals surface area contributed by atoms with Crippen LogP contribution >= 0.6 is 7.82 Å². The first kappa shape index (κ1) is 50.7. The monoisotopic (exact) mass is 756 g/mol. The Kier molecular flexibility index (Phi) is 35.8. The molecule has 0 aromatic heterocycles. The summed E-state index contributed by atoms with van der Waals surface area (Å²) in [6, 6.07) is 0. The highest BCUT2D eigenvalue weighted by Crippen LogP contribution is 2.38. The van der Waals surface area contributed by atoms with Crippen molar-refractivity contribution in [3.05, 3.63) is 36.5 Å². The number of carbonyl (C=O) groups excluding carboxylic acids is 1. The van der Waals surface area contributed by atoms with Crippen molar-refractivity contribution < 1.29 is 37.3 Å². The van der Waals surface area contributed by atoms with Crippen LogP contribution in [0.15, 0.2) is 36.5 Å². The number of carbonyl (C=O) groups is 1. The lowest BCUT2D eigenvalue weighted by Gasteiger charge is -2.28. The van der Waals surface area contributed by atoms with Crippen molar-refractivity contribution >= 4 is 13.8 Å². The first-order valence-corrected chi connectivity index (χ1v) is 22.7. The molecule has 0 radical (unpaired) electrons. The van der Waals surface area contributed by atoms with Crippen LogP contribution in [0.5, 0.6) is 0 Å². The van der Waals surface area contributed by atoms with E-state index in [9.17, 15) is 14.3 Å². The highest BCUT2D eigenvalue weighted by molar-refractivity contribution is 7.45. The molecule has 0 fully saturated rings. The molecule has 2 unspecified atom stereocenters. The molecule has 52 heavy (non-hydrogen) atoms. The van der Waals surface area contributed by atoms with Gasteiger partial charge in [0.2, 0.25) is 0 Å². The fourth-order valence-corrected chi connectivity index (χ4v) is 6.31. The van der Waals surface area contributed by atoms with Crippen molar-refractivity contribution in [3.8, 4) is 0 Å².